The molecule has 0 aliphatic heterocycles. The number of rotatable bonds is 3. The first-order valence-electron chi connectivity index (χ1n) is 4.17. The summed E-state index contributed by atoms with van der Waals surface area (Å²) in [6.45, 7) is 0.736. The normalized spacial score (nSPS) is 9.23. The number of benzene rings is 1. The summed E-state index contributed by atoms with van der Waals surface area (Å²) in [5.41, 5.74) is 7.44. The summed E-state index contributed by atoms with van der Waals surface area (Å²) < 4.78 is 0. The lowest BCUT2D eigenvalue weighted by molar-refractivity contribution is 0.906. The predicted molar refractivity (Wildman–Crippen MR) is 54.4 cm³/mol. The molecule has 0 atom stereocenters. The molecule has 0 unspecified atom stereocenters. The zero-order valence-corrected chi connectivity index (χ0v) is 7.70. The lowest BCUT2D eigenvalue weighted by Crippen LogP contribution is -2.17. The number of nitriles is 1. The van der Waals surface area contributed by atoms with Crippen molar-refractivity contribution >= 4 is 11.4 Å². The molecular formula is C10H13N3. The minimum Gasteiger partial charge on any atom is -0.399 e. The summed E-state index contributed by atoms with van der Waals surface area (Å²) in [7, 11) is 1.95. The standard InChI is InChI=1S/C10H13N3/c1-13(7-3-6-11)10-5-2-4-9(12)8-10/h2,4-5,8H,3,7,12H2,1H3. The highest BCUT2D eigenvalue weighted by atomic mass is 15.1. The van der Waals surface area contributed by atoms with Gasteiger partial charge >= 0.3 is 0 Å². The Morgan fingerprint density at radius 1 is 1.54 bits per heavy atom. The van der Waals surface area contributed by atoms with E-state index in [9.17, 15) is 0 Å². The van der Waals surface area contributed by atoms with Gasteiger partial charge in [-0.05, 0) is 18.2 Å². The van der Waals surface area contributed by atoms with Gasteiger partial charge in [0.15, 0.2) is 0 Å². The third-order valence-corrected chi connectivity index (χ3v) is 1.87. The molecule has 68 valence electrons. The van der Waals surface area contributed by atoms with Crippen molar-refractivity contribution < 1.29 is 0 Å². The van der Waals surface area contributed by atoms with Crippen molar-refractivity contribution in [2.24, 2.45) is 0 Å². The number of nitrogens with zero attached hydrogens (tertiary/aromatic N) is 2. The molecule has 0 aliphatic carbocycles. The van der Waals surface area contributed by atoms with Crippen LogP contribution in [-0.2, 0) is 0 Å². The topological polar surface area (TPSA) is 53.0 Å². The van der Waals surface area contributed by atoms with E-state index >= 15 is 0 Å². The molecule has 0 radical (unpaired) electrons. The third kappa shape index (κ3) is 2.68. The Morgan fingerprint density at radius 2 is 2.31 bits per heavy atom. The Bertz CT molecular complexity index is 314. The van der Waals surface area contributed by atoms with Crippen molar-refractivity contribution in [3.8, 4) is 6.07 Å². The van der Waals surface area contributed by atoms with Crippen LogP contribution in [0.2, 0.25) is 0 Å². The van der Waals surface area contributed by atoms with Crippen molar-refractivity contribution in [3.63, 3.8) is 0 Å². The molecule has 0 bridgehead atoms. The second-order valence-corrected chi connectivity index (χ2v) is 2.92. The Balaban J connectivity index is 2.66. The van der Waals surface area contributed by atoms with E-state index in [1.807, 2.05) is 36.2 Å². The summed E-state index contributed by atoms with van der Waals surface area (Å²) in [5, 5.41) is 8.42. The van der Waals surface area contributed by atoms with Gasteiger partial charge in [-0.2, -0.15) is 5.26 Å². The van der Waals surface area contributed by atoms with E-state index in [-0.39, 0.29) is 0 Å². The second-order valence-electron chi connectivity index (χ2n) is 2.92. The second kappa shape index (κ2) is 4.36. The molecular weight excluding hydrogens is 162 g/mol. The molecule has 0 aliphatic rings. The summed E-state index contributed by atoms with van der Waals surface area (Å²) in [6.07, 6.45) is 0.533. The molecule has 0 spiro atoms. The highest BCUT2D eigenvalue weighted by Crippen LogP contribution is 2.15. The predicted octanol–water partition coefficient (Wildman–Crippen LogP) is 1.62. The van der Waals surface area contributed by atoms with Gasteiger partial charge in [-0.1, -0.05) is 6.07 Å². The van der Waals surface area contributed by atoms with Crippen LogP contribution in [0.25, 0.3) is 0 Å². The van der Waals surface area contributed by atoms with Gasteiger partial charge in [-0.3, -0.25) is 0 Å². The van der Waals surface area contributed by atoms with Crippen molar-refractivity contribution in [2.75, 3.05) is 24.2 Å². The van der Waals surface area contributed by atoms with E-state index in [0.29, 0.717) is 6.42 Å². The Labute approximate surface area is 78.4 Å². The van der Waals surface area contributed by atoms with Crippen molar-refractivity contribution in [3.05, 3.63) is 24.3 Å². The van der Waals surface area contributed by atoms with E-state index < -0.39 is 0 Å². The molecule has 0 fully saturated rings. The van der Waals surface area contributed by atoms with Crippen LogP contribution in [0.4, 0.5) is 11.4 Å². The first-order chi connectivity index (χ1) is 6.24. The van der Waals surface area contributed by atoms with Gasteiger partial charge in [0.2, 0.25) is 0 Å². The maximum absolute atomic E-state index is 8.42. The smallest absolute Gasteiger partial charge is 0.0640 e. The summed E-state index contributed by atoms with van der Waals surface area (Å²) >= 11 is 0. The number of hydrogen-bond donors (Lipinski definition) is 1. The van der Waals surface area contributed by atoms with Crippen molar-refractivity contribution in [2.45, 2.75) is 6.42 Å². The first-order valence-corrected chi connectivity index (χ1v) is 4.17. The van der Waals surface area contributed by atoms with Gasteiger partial charge in [0, 0.05) is 25.0 Å². The minimum absolute atomic E-state index is 0.533. The largest absolute Gasteiger partial charge is 0.399 e. The zero-order valence-electron chi connectivity index (χ0n) is 7.70. The van der Waals surface area contributed by atoms with Gasteiger partial charge in [-0.25, -0.2) is 0 Å². The molecule has 3 heteroatoms. The average Bonchev–Trinajstić information content (AvgIpc) is 2.14. The van der Waals surface area contributed by atoms with Crippen LogP contribution in [0, 0.1) is 11.3 Å². The highest BCUT2D eigenvalue weighted by molar-refractivity contribution is 5.55. The summed E-state index contributed by atoms with van der Waals surface area (Å²) in [4.78, 5) is 2.01. The van der Waals surface area contributed by atoms with E-state index in [1.165, 1.54) is 0 Å². The molecule has 0 aromatic heterocycles. The monoisotopic (exact) mass is 175 g/mol. The van der Waals surface area contributed by atoms with Gasteiger partial charge in [0.1, 0.15) is 0 Å². The maximum Gasteiger partial charge on any atom is 0.0640 e. The molecule has 13 heavy (non-hydrogen) atoms. The average molecular weight is 175 g/mol. The molecule has 0 saturated carbocycles. The van der Waals surface area contributed by atoms with E-state index in [0.717, 1.165) is 17.9 Å². The number of nitrogen functional groups attached to an aromatic ring is 1. The van der Waals surface area contributed by atoms with E-state index in [1.54, 1.807) is 0 Å². The fraction of sp³-hybridized carbons (Fsp3) is 0.300. The Hall–Kier alpha value is -1.69. The minimum atomic E-state index is 0.533. The number of nitrogens with two attached hydrogens (primary N) is 1. The van der Waals surface area contributed by atoms with Crippen LogP contribution in [-0.4, -0.2) is 13.6 Å². The molecule has 3 nitrogen and oxygen atoms in total. The van der Waals surface area contributed by atoms with Gasteiger partial charge < -0.3 is 10.6 Å². The number of hydrogen-bond acceptors (Lipinski definition) is 3. The first kappa shape index (κ1) is 9.40. The lowest BCUT2D eigenvalue weighted by Gasteiger charge is -2.17. The van der Waals surface area contributed by atoms with Crippen LogP contribution in [0.3, 0.4) is 0 Å². The third-order valence-electron chi connectivity index (χ3n) is 1.87. The SMILES string of the molecule is CN(CCC#N)c1cccc(N)c1. The van der Waals surface area contributed by atoms with Gasteiger partial charge in [0.25, 0.3) is 0 Å². The van der Waals surface area contributed by atoms with Crippen molar-refractivity contribution in [1.29, 1.82) is 5.26 Å². The number of anilines is 2. The molecule has 1 aromatic rings. The van der Waals surface area contributed by atoms with Crippen LogP contribution >= 0.6 is 0 Å². The Morgan fingerprint density at radius 3 is 2.92 bits per heavy atom. The van der Waals surface area contributed by atoms with Crippen molar-refractivity contribution in [1.82, 2.24) is 0 Å². The van der Waals surface area contributed by atoms with Gasteiger partial charge in [0.05, 0.1) is 12.5 Å². The quantitative estimate of drug-likeness (QED) is 0.710. The fourth-order valence-corrected chi connectivity index (χ4v) is 1.11. The molecule has 2 N–H and O–H groups in total. The van der Waals surface area contributed by atoms with Crippen LogP contribution in [0.1, 0.15) is 6.42 Å². The summed E-state index contributed by atoms with van der Waals surface area (Å²) in [6, 6.07) is 9.75. The van der Waals surface area contributed by atoms with Gasteiger partial charge in [-0.15, -0.1) is 0 Å². The zero-order chi connectivity index (χ0) is 9.68. The van der Waals surface area contributed by atoms with E-state index in [2.05, 4.69) is 6.07 Å². The molecule has 0 saturated heterocycles. The van der Waals surface area contributed by atoms with Crippen LogP contribution in [0.5, 0.6) is 0 Å². The molecule has 0 amide bonds. The fourth-order valence-electron chi connectivity index (χ4n) is 1.11. The maximum atomic E-state index is 8.42. The lowest BCUT2D eigenvalue weighted by atomic mass is 10.2. The summed E-state index contributed by atoms with van der Waals surface area (Å²) in [5.74, 6) is 0. The van der Waals surface area contributed by atoms with E-state index in [4.69, 9.17) is 11.0 Å². The highest BCUT2D eigenvalue weighted by Gasteiger charge is 1.99. The van der Waals surface area contributed by atoms with Crippen LogP contribution < -0.4 is 10.6 Å². The Kier molecular flexibility index (Phi) is 3.15. The molecule has 1 aromatic carbocycles. The van der Waals surface area contributed by atoms with Crippen LogP contribution in [0.15, 0.2) is 24.3 Å². The molecule has 0 heterocycles. The molecule has 1 rings (SSSR count).